The number of halogens is 1. The summed E-state index contributed by atoms with van der Waals surface area (Å²) in [7, 11) is 0. The SMILES string of the molecule is CC(=O)N1CCCN(C(=O)C2CNC2)CC1.Cl. The lowest BCUT2D eigenvalue weighted by Crippen LogP contribution is -2.52. The molecule has 0 aliphatic carbocycles. The average Bonchev–Trinajstić information content (AvgIpc) is 2.39. The molecule has 2 fully saturated rings. The highest BCUT2D eigenvalue weighted by Crippen LogP contribution is 2.11. The van der Waals surface area contributed by atoms with E-state index >= 15 is 0 Å². The summed E-state index contributed by atoms with van der Waals surface area (Å²) in [6, 6.07) is 0. The molecule has 0 aromatic heterocycles. The molecule has 2 amide bonds. The van der Waals surface area contributed by atoms with Crippen LogP contribution < -0.4 is 5.32 Å². The Hall–Kier alpha value is -0.810. The molecule has 98 valence electrons. The van der Waals surface area contributed by atoms with Crippen molar-refractivity contribution in [2.24, 2.45) is 5.92 Å². The highest BCUT2D eigenvalue weighted by Gasteiger charge is 2.30. The summed E-state index contributed by atoms with van der Waals surface area (Å²) in [5.74, 6) is 0.535. The van der Waals surface area contributed by atoms with Crippen LogP contribution in [0.5, 0.6) is 0 Å². The molecule has 0 atom stereocenters. The molecule has 0 saturated carbocycles. The number of carbonyl (C=O) groups excluding carboxylic acids is 2. The molecule has 0 spiro atoms. The lowest BCUT2D eigenvalue weighted by molar-refractivity contribution is -0.137. The Bertz CT molecular complexity index is 294. The Balaban J connectivity index is 0.00000144. The number of hydrogen-bond acceptors (Lipinski definition) is 3. The number of rotatable bonds is 1. The van der Waals surface area contributed by atoms with E-state index in [-0.39, 0.29) is 30.1 Å². The minimum absolute atomic E-state index is 0. The van der Waals surface area contributed by atoms with Crippen molar-refractivity contribution >= 4 is 24.2 Å². The first kappa shape index (κ1) is 14.3. The van der Waals surface area contributed by atoms with E-state index in [1.807, 2.05) is 9.80 Å². The van der Waals surface area contributed by atoms with E-state index in [1.165, 1.54) is 0 Å². The summed E-state index contributed by atoms with van der Waals surface area (Å²) in [6.07, 6.45) is 0.894. The van der Waals surface area contributed by atoms with Crippen LogP contribution in [0.3, 0.4) is 0 Å². The normalized spacial score (nSPS) is 21.2. The molecule has 2 saturated heterocycles. The summed E-state index contributed by atoms with van der Waals surface area (Å²) >= 11 is 0. The second-order valence-corrected chi connectivity index (χ2v) is 4.54. The van der Waals surface area contributed by atoms with E-state index in [9.17, 15) is 9.59 Å². The molecular formula is C11H20ClN3O2. The number of nitrogens with one attached hydrogen (secondary N) is 1. The molecule has 2 rings (SSSR count). The van der Waals surface area contributed by atoms with E-state index in [4.69, 9.17) is 0 Å². The summed E-state index contributed by atoms with van der Waals surface area (Å²) < 4.78 is 0. The fourth-order valence-electron chi connectivity index (χ4n) is 2.17. The lowest BCUT2D eigenvalue weighted by Gasteiger charge is -2.31. The predicted octanol–water partition coefficient (Wildman–Crippen LogP) is -0.292. The van der Waals surface area contributed by atoms with Gasteiger partial charge in [0.2, 0.25) is 11.8 Å². The molecule has 5 nitrogen and oxygen atoms in total. The molecule has 0 aromatic carbocycles. The Labute approximate surface area is 108 Å². The summed E-state index contributed by atoms with van der Waals surface area (Å²) in [6.45, 7) is 6.15. The quantitative estimate of drug-likeness (QED) is 0.706. The Morgan fingerprint density at radius 3 is 2.18 bits per heavy atom. The zero-order valence-corrected chi connectivity index (χ0v) is 11.0. The third-order valence-electron chi connectivity index (χ3n) is 3.38. The maximum Gasteiger partial charge on any atom is 0.228 e. The predicted molar refractivity (Wildman–Crippen MR) is 67.1 cm³/mol. The fourth-order valence-corrected chi connectivity index (χ4v) is 2.17. The van der Waals surface area contributed by atoms with E-state index in [0.717, 1.165) is 32.6 Å². The van der Waals surface area contributed by atoms with E-state index in [1.54, 1.807) is 6.92 Å². The van der Waals surface area contributed by atoms with E-state index in [0.29, 0.717) is 13.1 Å². The highest BCUT2D eigenvalue weighted by atomic mass is 35.5. The molecule has 0 bridgehead atoms. The van der Waals surface area contributed by atoms with Gasteiger partial charge in [0.1, 0.15) is 0 Å². The van der Waals surface area contributed by atoms with Crippen molar-refractivity contribution in [2.75, 3.05) is 39.3 Å². The largest absolute Gasteiger partial charge is 0.341 e. The van der Waals surface area contributed by atoms with Crippen LogP contribution in [0.25, 0.3) is 0 Å². The first-order valence-electron chi connectivity index (χ1n) is 5.93. The number of carbonyl (C=O) groups is 2. The molecule has 2 heterocycles. The number of hydrogen-bond donors (Lipinski definition) is 1. The summed E-state index contributed by atoms with van der Waals surface area (Å²) in [4.78, 5) is 27.0. The van der Waals surface area contributed by atoms with Gasteiger partial charge in [-0.25, -0.2) is 0 Å². The van der Waals surface area contributed by atoms with Crippen LogP contribution in [0.2, 0.25) is 0 Å². The number of amides is 2. The average molecular weight is 262 g/mol. The van der Waals surface area contributed by atoms with Gasteiger partial charge in [-0.2, -0.15) is 0 Å². The smallest absolute Gasteiger partial charge is 0.228 e. The zero-order chi connectivity index (χ0) is 11.5. The molecule has 17 heavy (non-hydrogen) atoms. The molecule has 2 aliphatic rings. The fraction of sp³-hybridized carbons (Fsp3) is 0.818. The Kier molecular flexibility index (Phi) is 5.21. The van der Waals surface area contributed by atoms with Crippen LogP contribution in [-0.2, 0) is 9.59 Å². The highest BCUT2D eigenvalue weighted by molar-refractivity contribution is 5.85. The molecule has 0 radical (unpaired) electrons. The molecule has 0 aromatic rings. The third-order valence-corrected chi connectivity index (χ3v) is 3.38. The Morgan fingerprint density at radius 1 is 1.06 bits per heavy atom. The lowest BCUT2D eigenvalue weighted by atomic mass is 10.0. The summed E-state index contributed by atoms with van der Waals surface area (Å²) in [5, 5.41) is 3.11. The number of nitrogens with zero attached hydrogens (tertiary/aromatic N) is 2. The van der Waals surface area contributed by atoms with Crippen molar-refractivity contribution < 1.29 is 9.59 Å². The minimum atomic E-state index is 0. The first-order valence-corrected chi connectivity index (χ1v) is 5.93. The molecule has 6 heteroatoms. The van der Waals surface area contributed by atoms with Gasteiger partial charge in [0, 0.05) is 46.2 Å². The monoisotopic (exact) mass is 261 g/mol. The van der Waals surface area contributed by atoms with Crippen molar-refractivity contribution in [2.45, 2.75) is 13.3 Å². The van der Waals surface area contributed by atoms with Gasteiger partial charge in [-0.15, -0.1) is 12.4 Å². The van der Waals surface area contributed by atoms with E-state index in [2.05, 4.69) is 5.32 Å². The molecule has 0 unspecified atom stereocenters. The molecular weight excluding hydrogens is 242 g/mol. The topological polar surface area (TPSA) is 52.7 Å². The van der Waals surface area contributed by atoms with Crippen molar-refractivity contribution in [3.05, 3.63) is 0 Å². The maximum atomic E-state index is 12.0. The van der Waals surface area contributed by atoms with Crippen molar-refractivity contribution in [1.29, 1.82) is 0 Å². The zero-order valence-electron chi connectivity index (χ0n) is 10.1. The minimum Gasteiger partial charge on any atom is -0.341 e. The standard InChI is InChI=1S/C11H19N3O2.ClH/c1-9(15)13-3-2-4-14(6-5-13)11(16)10-7-12-8-10;/h10,12H,2-8H2,1H3;1H. The van der Waals surface area contributed by atoms with Gasteiger partial charge in [-0.1, -0.05) is 0 Å². The van der Waals surface area contributed by atoms with Gasteiger partial charge in [-0.3, -0.25) is 9.59 Å². The van der Waals surface area contributed by atoms with Gasteiger partial charge < -0.3 is 15.1 Å². The molecule has 1 N–H and O–H groups in total. The van der Waals surface area contributed by atoms with Gasteiger partial charge in [0.05, 0.1) is 5.92 Å². The van der Waals surface area contributed by atoms with Crippen molar-refractivity contribution in [3.8, 4) is 0 Å². The molecule has 2 aliphatic heterocycles. The first-order chi connectivity index (χ1) is 7.68. The van der Waals surface area contributed by atoms with Gasteiger partial charge in [-0.05, 0) is 6.42 Å². The summed E-state index contributed by atoms with van der Waals surface area (Å²) in [5.41, 5.74) is 0. The maximum absolute atomic E-state index is 12.0. The van der Waals surface area contributed by atoms with Crippen LogP contribution >= 0.6 is 12.4 Å². The van der Waals surface area contributed by atoms with Crippen molar-refractivity contribution in [1.82, 2.24) is 15.1 Å². The van der Waals surface area contributed by atoms with Gasteiger partial charge in [0.15, 0.2) is 0 Å². The Morgan fingerprint density at radius 2 is 1.65 bits per heavy atom. The van der Waals surface area contributed by atoms with Crippen LogP contribution in [-0.4, -0.2) is 60.9 Å². The van der Waals surface area contributed by atoms with Crippen LogP contribution in [0.15, 0.2) is 0 Å². The second-order valence-electron chi connectivity index (χ2n) is 4.54. The van der Waals surface area contributed by atoms with Gasteiger partial charge >= 0.3 is 0 Å². The second kappa shape index (κ2) is 6.21. The van der Waals surface area contributed by atoms with Gasteiger partial charge in [0.25, 0.3) is 0 Å². The van der Waals surface area contributed by atoms with Crippen molar-refractivity contribution in [3.63, 3.8) is 0 Å². The van der Waals surface area contributed by atoms with Crippen LogP contribution in [0, 0.1) is 5.92 Å². The van der Waals surface area contributed by atoms with Crippen LogP contribution in [0.4, 0.5) is 0 Å². The third kappa shape index (κ3) is 3.33. The van der Waals surface area contributed by atoms with Crippen LogP contribution in [0.1, 0.15) is 13.3 Å². The van der Waals surface area contributed by atoms with E-state index < -0.39 is 0 Å².